The van der Waals surface area contributed by atoms with E-state index in [0.717, 1.165) is 25.6 Å². The number of hydrogen-bond acceptors (Lipinski definition) is 9. The number of nitrogens with one attached hydrogen (secondary N) is 6. The van der Waals surface area contributed by atoms with Gasteiger partial charge >= 0.3 is 10.2 Å². The molecule has 1 aliphatic heterocycles. The van der Waals surface area contributed by atoms with Crippen molar-refractivity contribution in [2.45, 2.75) is 57.8 Å². The first-order chi connectivity index (χ1) is 24.7. The molecule has 3 aromatic rings. The molecule has 3 amide bonds. The summed E-state index contributed by atoms with van der Waals surface area (Å²) in [6, 6.07) is 17.4. The molecule has 0 aromatic heterocycles. The Morgan fingerprint density at radius 1 is 0.923 bits per heavy atom. The van der Waals surface area contributed by atoms with Gasteiger partial charge in [-0.2, -0.15) is 13.1 Å². The number of benzene rings is 3. The van der Waals surface area contributed by atoms with Crippen LogP contribution >= 0.6 is 28.6 Å². The number of amides is 3. The summed E-state index contributed by atoms with van der Waals surface area (Å²) in [5.74, 6) is -1.24. The molecule has 52 heavy (non-hydrogen) atoms. The highest BCUT2D eigenvalue weighted by Gasteiger charge is 2.28. The molecular weight excluding hydrogens is 768 g/mol. The summed E-state index contributed by atoms with van der Waals surface area (Å²) in [4.78, 5) is 40.7. The van der Waals surface area contributed by atoms with Gasteiger partial charge in [-0.05, 0) is 86.2 Å². The van der Waals surface area contributed by atoms with E-state index in [-0.39, 0.29) is 54.4 Å². The van der Waals surface area contributed by atoms with Crippen molar-refractivity contribution in [1.82, 2.24) is 31.3 Å². The van der Waals surface area contributed by atoms with Gasteiger partial charge in [0.2, 0.25) is 5.91 Å². The smallest absolute Gasteiger partial charge is 0.301 e. The van der Waals surface area contributed by atoms with E-state index in [1.54, 1.807) is 31.5 Å². The molecule has 8 N–H and O–H groups in total. The Kier molecular flexibility index (Phi) is 14.5. The molecule has 13 nitrogen and oxygen atoms in total. The van der Waals surface area contributed by atoms with Gasteiger partial charge in [0.15, 0.2) is 0 Å². The normalized spacial score (nSPS) is 16.6. The lowest BCUT2D eigenvalue weighted by Gasteiger charge is -2.29. The average molecular weight is 816 g/mol. The second-order valence-electron chi connectivity index (χ2n) is 12.6. The lowest BCUT2D eigenvalue weighted by molar-refractivity contribution is -0.123. The maximum Gasteiger partial charge on any atom is 0.301 e. The predicted octanol–water partition coefficient (Wildman–Crippen LogP) is 3.90. The van der Waals surface area contributed by atoms with Crippen molar-refractivity contribution < 1.29 is 22.8 Å². The molecule has 4 atom stereocenters. The molecule has 0 radical (unpaired) electrons. The van der Waals surface area contributed by atoms with E-state index in [0.29, 0.717) is 18.5 Å². The molecular formula is C36H47BrN8O5S2. The van der Waals surface area contributed by atoms with Crippen LogP contribution in [0, 0.1) is 0 Å². The number of carbonyl (C=O) groups excluding carboxylic acids is 3. The number of thiol groups is 1. The minimum atomic E-state index is -3.89. The topological polar surface area (TPSA) is 187 Å². The maximum atomic E-state index is 14.0. The lowest BCUT2D eigenvalue weighted by Crippen LogP contribution is -2.49. The van der Waals surface area contributed by atoms with Crippen molar-refractivity contribution in [3.63, 3.8) is 0 Å². The summed E-state index contributed by atoms with van der Waals surface area (Å²) in [5.41, 5.74) is 9.32. The van der Waals surface area contributed by atoms with Crippen LogP contribution in [0.15, 0.2) is 82.3 Å². The van der Waals surface area contributed by atoms with Crippen LogP contribution < -0.4 is 41.3 Å². The van der Waals surface area contributed by atoms with Gasteiger partial charge in [0, 0.05) is 66.1 Å². The standard InChI is InChI=1S/C36H47BrN8O5S2/c1-22(26-8-12-30(38)13-9-26)42-34(46)24(3)40-20-31(19-32(21-51)39-4)44-36(48)28-16-27(17-33(18-28)45-15-5-14-41-52(45,49)50)35(47)43-23(2)25-6-10-29(37)11-7-25/h6-13,16-18,21-24,31,39-41,51H,5,14-15,19-20,38H2,1-4H3,(H,42,46)(H,43,47)(H,44,48)/b32-21-/t22-,23-,24+,31+/m1/s1. The zero-order valence-electron chi connectivity index (χ0n) is 29.6. The second kappa shape index (κ2) is 18.6. The fourth-order valence-corrected chi connectivity index (χ4v) is 7.38. The first kappa shape index (κ1) is 40.7. The summed E-state index contributed by atoms with van der Waals surface area (Å²) in [7, 11) is -2.16. The molecule has 1 fully saturated rings. The van der Waals surface area contributed by atoms with Crippen LogP contribution in [-0.2, 0) is 15.0 Å². The molecule has 0 unspecified atom stereocenters. The molecule has 0 saturated carbocycles. The first-order valence-electron chi connectivity index (χ1n) is 16.9. The van der Waals surface area contributed by atoms with Gasteiger partial charge in [0.1, 0.15) is 0 Å². The molecule has 280 valence electrons. The minimum absolute atomic E-state index is 0.0914. The summed E-state index contributed by atoms with van der Waals surface area (Å²) in [6.07, 6.45) is 0.871. The van der Waals surface area contributed by atoms with Crippen molar-refractivity contribution >= 4 is 67.9 Å². The van der Waals surface area contributed by atoms with Crippen molar-refractivity contribution in [2.24, 2.45) is 0 Å². The zero-order valence-corrected chi connectivity index (χ0v) is 32.9. The fraction of sp³-hybridized carbons (Fsp3) is 0.361. The van der Waals surface area contributed by atoms with E-state index in [9.17, 15) is 22.8 Å². The van der Waals surface area contributed by atoms with Crippen LogP contribution in [0.2, 0.25) is 0 Å². The summed E-state index contributed by atoms with van der Waals surface area (Å²) >= 11 is 7.71. The van der Waals surface area contributed by atoms with Crippen LogP contribution in [0.4, 0.5) is 11.4 Å². The molecule has 1 heterocycles. The first-order valence-corrected chi connectivity index (χ1v) is 19.7. The molecule has 4 rings (SSSR count). The summed E-state index contributed by atoms with van der Waals surface area (Å²) in [6.45, 7) is 6.11. The van der Waals surface area contributed by atoms with Gasteiger partial charge in [-0.3, -0.25) is 18.7 Å². The van der Waals surface area contributed by atoms with Crippen molar-refractivity contribution in [3.05, 3.63) is 105 Å². The average Bonchev–Trinajstić information content (AvgIpc) is 3.12. The van der Waals surface area contributed by atoms with Crippen LogP contribution in [0.1, 0.15) is 77.5 Å². The minimum Gasteiger partial charge on any atom is -0.399 e. The number of halogens is 1. The SMILES string of the molecule is CN/C(=C\S)C[C@@H](CN[C@@H](C)C(=O)N[C@H](C)c1ccc(N)cc1)NC(=O)c1cc(C(=O)N[C@H](C)c2ccc(Br)cc2)cc(N2CCCNS2(=O)=O)c1. The Morgan fingerprint density at radius 3 is 2.08 bits per heavy atom. The number of hydrogen-bond donors (Lipinski definition) is 8. The molecule has 16 heteroatoms. The largest absolute Gasteiger partial charge is 0.399 e. The summed E-state index contributed by atoms with van der Waals surface area (Å²) < 4.78 is 30.6. The third-order valence-corrected chi connectivity index (χ3v) is 11.1. The van der Waals surface area contributed by atoms with Crippen LogP contribution in [0.5, 0.6) is 0 Å². The van der Waals surface area contributed by atoms with E-state index in [1.165, 1.54) is 18.2 Å². The third kappa shape index (κ3) is 11.2. The number of anilines is 2. The highest BCUT2D eigenvalue weighted by molar-refractivity contribution is 9.10. The predicted molar refractivity (Wildman–Crippen MR) is 212 cm³/mol. The fourth-order valence-electron chi connectivity index (χ4n) is 5.57. The van der Waals surface area contributed by atoms with Gasteiger partial charge in [-0.15, -0.1) is 12.6 Å². The zero-order chi connectivity index (χ0) is 38.0. The van der Waals surface area contributed by atoms with Crippen molar-refractivity contribution in [1.29, 1.82) is 0 Å². The Balaban J connectivity index is 1.55. The van der Waals surface area contributed by atoms with E-state index in [4.69, 9.17) is 5.73 Å². The Morgan fingerprint density at radius 2 is 1.50 bits per heavy atom. The molecule has 1 saturated heterocycles. The van der Waals surface area contributed by atoms with Gasteiger partial charge in [-0.1, -0.05) is 40.2 Å². The van der Waals surface area contributed by atoms with Gasteiger partial charge in [-0.25, -0.2) is 0 Å². The maximum absolute atomic E-state index is 14.0. The van der Waals surface area contributed by atoms with E-state index in [2.05, 4.69) is 59.9 Å². The molecule has 0 bridgehead atoms. The second-order valence-corrected chi connectivity index (χ2v) is 15.5. The van der Waals surface area contributed by atoms with Crippen LogP contribution in [0.3, 0.4) is 0 Å². The van der Waals surface area contributed by atoms with Crippen molar-refractivity contribution in [2.75, 3.05) is 36.7 Å². The molecule has 3 aromatic carbocycles. The quantitative estimate of drug-likeness (QED) is 0.0839. The Bertz CT molecular complexity index is 1860. The van der Waals surface area contributed by atoms with Gasteiger partial charge < -0.3 is 32.3 Å². The van der Waals surface area contributed by atoms with Gasteiger partial charge in [0.25, 0.3) is 11.8 Å². The lowest BCUT2D eigenvalue weighted by atomic mass is 10.0. The summed E-state index contributed by atoms with van der Waals surface area (Å²) in [5, 5.41) is 16.8. The number of nitrogens with two attached hydrogens (primary N) is 1. The van der Waals surface area contributed by atoms with E-state index >= 15 is 0 Å². The highest BCUT2D eigenvalue weighted by atomic mass is 79.9. The number of nitrogens with zero attached hydrogens (tertiary/aromatic N) is 1. The number of carbonyl (C=O) groups is 3. The number of rotatable bonds is 15. The van der Waals surface area contributed by atoms with E-state index in [1.807, 2.05) is 50.2 Å². The Labute approximate surface area is 319 Å². The van der Waals surface area contributed by atoms with Gasteiger partial charge in [0.05, 0.1) is 23.8 Å². The van der Waals surface area contributed by atoms with Crippen LogP contribution in [0.25, 0.3) is 0 Å². The van der Waals surface area contributed by atoms with E-state index < -0.39 is 34.1 Å². The molecule has 0 aliphatic carbocycles. The van der Waals surface area contributed by atoms with Crippen molar-refractivity contribution in [3.8, 4) is 0 Å². The molecule has 1 aliphatic rings. The third-order valence-electron chi connectivity index (χ3n) is 8.70. The monoisotopic (exact) mass is 814 g/mol. The number of nitrogen functional groups attached to an aromatic ring is 1. The Hall–Kier alpha value is -4.09. The molecule has 0 spiro atoms. The highest BCUT2D eigenvalue weighted by Crippen LogP contribution is 2.25. The van der Waals surface area contributed by atoms with Crippen LogP contribution in [-0.4, -0.2) is 64.9 Å².